The Kier molecular flexibility index (Phi) is 2.68. The molecule has 0 spiro atoms. The van der Waals surface area contributed by atoms with Crippen LogP contribution in [0.15, 0.2) is 29.3 Å². The first-order valence-corrected chi connectivity index (χ1v) is 4.17. The van der Waals surface area contributed by atoms with Gasteiger partial charge in [0.1, 0.15) is 0 Å². The van der Waals surface area contributed by atoms with Crippen LogP contribution >= 0.6 is 15.9 Å². The molecule has 0 aliphatic heterocycles. The summed E-state index contributed by atoms with van der Waals surface area (Å²) in [6, 6.07) is 3.12. The summed E-state index contributed by atoms with van der Waals surface area (Å²) in [6.45, 7) is 0.903. The highest BCUT2D eigenvalue weighted by Crippen LogP contribution is 1.87. The summed E-state index contributed by atoms with van der Waals surface area (Å²) in [7, 11) is 0. The summed E-state index contributed by atoms with van der Waals surface area (Å²) in [4.78, 5) is 10.6. The standard InChI is InChI=1S/C7H8BrNO/c8-3-6-9-4-1-7(10)2-5-9/h1-2,4-5H,3,6H2. The van der Waals surface area contributed by atoms with Gasteiger partial charge in [0.2, 0.25) is 0 Å². The maximum atomic E-state index is 10.6. The molecule has 0 aliphatic rings. The number of hydrogen-bond donors (Lipinski definition) is 0. The molecule has 0 N–H and O–H groups in total. The van der Waals surface area contributed by atoms with Crippen LogP contribution in [0.4, 0.5) is 0 Å². The van der Waals surface area contributed by atoms with Crippen LogP contribution in [-0.2, 0) is 6.54 Å². The van der Waals surface area contributed by atoms with Crippen LogP contribution in [0.3, 0.4) is 0 Å². The number of halogens is 1. The second kappa shape index (κ2) is 3.56. The lowest BCUT2D eigenvalue weighted by Crippen LogP contribution is -2.03. The molecule has 54 valence electrons. The molecule has 1 aromatic rings. The van der Waals surface area contributed by atoms with Crippen molar-refractivity contribution < 1.29 is 0 Å². The van der Waals surface area contributed by atoms with E-state index in [2.05, 4.69) is 15.9 Å². The van der Waals surface area contributed by atoms with Gasteiger partial charge in [0, 0.05) is 36.4 Å². The van der Waals surface area contributed by atoms with Gasteiger partial charge in [-0.05, 0) is 0 Å². The first-order valence-electron chi connectivity index (χ1n) is 3.05. The lowest BCUT2D eigenvalue weighted by Gasteiger charge is -1.99. The van der Waals surface area contributed by atoms with Crippen molar-refractivity contribution in [3.8, 4) is 0 Å². The number of rotatable bonds is 2. The van der Waals surface area contributed by atoms with Crippen molar-refractivity contribution in [2.75, 3.05) is 5.33 Å². The van der Waals surface area contributed by atoms with E-state index in [0.29, 0.717) is 0 Å². The predicted octanol–water partition coefficient (Wildman–Crippen LogP) is 1.24. The van der Waals surface area contributed by atoms with E-state index in [1.807, 2.05) is 4.57 Å². The van der Waals surface area contributed by atoms with Crippen LogP contribution in [0.5, 0.6) is 0 Å². The summed E-state index contributed by atoms with van der Waals surface area (Å²) in [5.74, 6) is 0. The van der Waals surface area contributed by atoms with Crippen molar-refractivity contribution in [3.63, 3.8) is 0 Å². The highest BCUT2D eigenvalue weighted by atomic mass is 79.9. The summed E-state index contributed by atoms with van der Waals surface area (Å²) in [5, 5.41) is 0.913. The zero-order valence-electron chi connectivity index (χ0n) is 5.46. The molecular weight excluding hydrogens is 194 g/mol. The van der Waals surface area contributed by atoms with E-state index < -0.39 is 0 Å². The largest absolute Gasteiger partial charge is 0.353 e. The Hall–Kier alpha value is -0.570. The Labute approximate surface area is 67.6 Å². The molecule has 3 heteroatoms. The molecule has 0 fully saturated rings. The van der Waals surface area contributed by atoms with Gasteiger partial charge >= 0.3 is 0 Å². The Balaban J connectivity index is 2.79. The van der Waals surface area contributed by atoms with E-state index in [0.717, 1.165) is 11.9 Å². The molecule has 1 rings (SSSR count). The molecule has 0 amide bonds. The van der Waals surface area contributed by atoms with Crippen molar-refractivity contribution in [1.29, 1.82) is 0 Å². The van der Waals surface area contributed by atoms with Gasteiger partial charge in [-0.25, -0.2) is 0 Å². The van der Waals surface area contributed by atoms with Crippen molar-refractivity contribution in [3.05, 3.63) is 34.7 Å². The van der Waals surface area contributed by atoms with Gasteiger partial charge in [0.15, 0.2) is 5.43 Å². The van der Waals surface area contributed by atoms with E-state index in [4.69, 9.17) is 0 Å². The average Bonchev–Trinajstić information content (AvgIpc) is 1.95. The third-order valence-corrected chi connectivity index (χ3v) is 1.56. The molecule has 10 heavy (non-hydrogen) atoms. The van der Waals surface area contributed by atoms with Gasteiger partial charge in [0.25, 0.3) is 0 Å². The van der Waals surface area contributed by atoms with E-state index >= 15 is 0 Å². The normalized spacial score (nSPS) is 9.70. The summed E-state index contributed by atoms with van der Waals surface area (Å²) in [6.07, 6.45) is 3.56. The van der Waals surface area contributed by atoms with Crippen LogP contribution in [0.2, 0.25) is 0 Å². The fourth-order valence-corrected chi connectivity index (χ4v) is 1.10. The minimum Gasteiger partial charge on any atom is -0.353 e. The molecule has 2 nitrogen and oxygen atoms in total. The lowest BCUT2D eigenvalue weighted by molar-refractivity contribution is 0.766. The Morgan fingerprint density at radius 1 is 1.40 bits per heavy atom. The van der Waals surface area contributed by atoms with E-state index in [1.54, 1.807) is 24.5 Å². The number of aromatic nitrogens is 1. The molecule has 0 aromatic carbocycles. The van der Waals surface area contributed by atoms with E-state index in [-0.39, 0.29) is 5.43 Å². The number of aryl methyl sites for hydroxylation is 1. The number of hydrogen-bond acceptors (Lipinski definition) is 1. The van der Waals surface area contributed by atoms with Crippen LogP contribution in [0.1, 0.15) is 0 Å². The van der Waals surface area contributed by atoms with Gasteiger partial charge < -0.3 is 4.57 Å². The highest BCUT2D eigenvalue weighted by molar-refractivity contribution is 9.09. The third kappa shape index (κ3) is 1.99. The van der Waals surface area contributed by atoms with Gasteiger partial charge in [-0.2, -0.15) is 0 Å². The number of pyridine rings is 1. The molecule has 0 aliphatic carbocycles. The molecule has 1 heterocycles. The van der Waals surface area contributed by atoms with E-state index in [9.17, 15) is 4.79 Å². The Bertz CT molecular complexity index is 236. The summed E-state index contributed by atoms with van der Waals surface area (Å²) in [5.41, 5.74) is 0.0609. The van der Waals surface area contributed by atoms with Crippen molar-refractivity contribution >= 4 is 15.9 Å². The summed E-state index contributed by atoms with van der Waals surface area (Å²) >= 11 is 3.31. The predicted molar refractivity (Wildman–Crippen MR) is 44.5 cm³/mol. The molecule has 0 radical (unpaired) electrons. The first kappa shape index (κ1) is 7.54. The second-order valence-corrected chi connectivity index (χ2v) is 2.75. The van der Waals surface area contributed by atoms with Crippen molar-refractivity contribution in [2.45, 2.75) is 6.54 Å². The molecule has 0 saturated heterocycles. The Morgan fingerprint density at radius 3 is 2.50 bits per heavy atom. The first-order chi connectivity index (χ1) is 4.83. The lowest BCUT2D eigenvalue weighted by atomic mass is 10.5. The van der Waals surface area contributed by atoms with Gasteiger partial charge in [-0.15, -0.1) is 0 Å². The molecule has 0 bridgehead atoms. The molecule has 0 unspecified atom stereocenters. The summed E-state index contributed by atoms with van der Waals surface area (Å²) < 4.78 is 1.95. The fourth-order valence-electron chi connectivity index (χ4n) is 0.690. The minimum absolute atomic E-state index is 0.0609. The highest BCUT2D eigenvalue weighted by Gasteiger charge is 1.84. The maximum absolute atomic E-state index is 10.6. The minimum atomic E-state index is 0.0609. The van der Waals surface area contributed by atoms with E-state index in [1.165, 1.54) is 0 Å². The number of nitrogens with zero attached hydrogens (tertiary/aromatic N) is 1. The zero-order valence-corrected chi connectivity index (χ0v) is 7.04. The number of alkyl halides is 1. The molecule has 0 saturated carbocycles. The van der Waals surface area contributed by atoms with Gasteiger partial charge in [-0.1, -0.05) is 15.9 Å². The van der Waals surface area contributed by atoms with Gasteiger partial charge in [-0.3, -0.25) is 4.79 Å². The Morgan fingerprint density at radius 2 is 2.00 bits per heavy atom. The van der Waals surface area contributed by atoms with Crippen LogP contribution in [0.25, 0.3) is 0 Å². The van der Waals surface area contributed by atoms with Crippen LogP contribution < -0.4 is 5.43 Å². The third-order valence-electron chi connectivity index (χ3n) is 1.20. The maximum Gasteiger partial charge on any atom is 0.181 e. The molecular formula is C7H8BrNO. The SMILES string of the molecule is O=c1ccn(CCBr)cc1. The quantitative estimate of drug-likeness (QED) is 0.661. The fraction of sp³-hybridized carbons (Fsp3) is 0.286. The molecule has 0 atom stereocenters. The zero-order chi connectivity index (χ0) is 7.40. The van der Waals surface area contributed by atoms with Crippen LogP contribution in [0, 0.1) is 0 Å². The van der Waals surface area contributed by atoms with Crippen molar-refractivity contribution in [2.24, 2.45) is 0 Å². The smallest absolute Gasteiger partial charge is 0.181 e. The monoisotopic (exact) mass is 201 g/mol. The van der Waals surface area contributed by atoms with Gasteiger partial charge in [0.05, 0.1) is 0 Å². The average molecular weight is 202 g/mol. The van der Waals surface area contributed by atoms with Crippen LogP contribution in [-0.4, -0.2) is 9.90 Å². The topological polar surface area (TPSA) is 22.0 Å². The second-order valence-electron chi connectivity index (χ2n) is 1.96. The molecule has 1 aromatic heterocycles. The van der Waals surface area contributed by atoms with Crippen molar-refractivity contribution in [1.82, 2.24) is 4.57 Å².